The minimum absolute atomic E-state index is 0. The molecule has 0 bridgehead atoms. The molecule has 3 N–H and O–H groups in total. The summed E-state index contributed by atoms with van der Waals surface area (Å²) in [5.74, 6) is -1.13. The molecule has 0 fully saturated rings. The highest BCUT2D eigenvalue weighted by atomic mass is 35.5. The van der Waals surface area contributed by atoms with Crippen molar-refractivity contribution in [3.8, 4) is 0 Å². The highest BCUT2D eigenvalue weighted by molar-refractivity contribution is 5.87. The average Bonchev–Trinajstić information content (AvgIpc) is 2.57. The second-order valence-corrected chi connectivity index (χ2v) is 5.92. The van der Waals surface area contributed by atoms with Crippen molar-refractivity contribution in [2.45, 2.75) is 38.8 Å². The molecule has 2 aromatic rings. The lowest BCUT2D eigenvalue weighted by molar-refractivity contribution is -0.139. The molecule has 1 amide bonds. The number of carbonyl (C=O) groups excluding carboxylic acids is 1. The third kappa shape index (κ3) is 5.73. The van der Waals surface area contributed by atoms with Gasteiger partial charge in [0, 0.05) is 0 Å². The number of carboxylic acids is 1. The van der Waals surface area contributed by atoms with Gasteiger partial charge in [-0.3, -0.25) is 14.9 Å². The molecule has 0 saturated heterocycles. The van der Waals surface area contributed by atoms with Gasteiger partial charge >= 0.3 is 5.97 Å². The number of benzene rings is 2. The first kappa shape index (κ1) is 20.9. The van der Waals surface area contributed by atoms with E-state index in [0.717, 1.165) is 22.8 Å². The van der Waals surface area contributed by atoms with Crippen LogP contribution in [0.3, 0.4) is 0 Å². The fourth-order valence-electron chi connectivity index (χ4n) is 2.82. The summed E-state index contributed by atoms with van der Waals surface area (Å²) in [6.45, 7) is 3.84. The minimum Gasteiger partial charge on any atom is -0.480 e. The maximum absolute atomic E-state index is 12.1. The van der Waals surface area contributed by atoms with Crippen molar-refractivity contribution in [1.82, 2.24) is 10.6 Å². The molecule has 136 valence electrons. The Bertz CT molecular complexity index is 715. The number of aliphatic carboxylic acids is 1. The number of halogens is 1. The monoisotopic (exact) mass is 364 g/mol. The Morgan fingerprint density at radius 2 is 1.80 bits per heavy atom. The van der Waals surface area contributed by atoms with E-state index in [4.69, 9.17) is 5.11 Å². The SMILES string of the molecule is CCCC(NCC(=O)NC(C)c1cccc2ccccc12)C(=O)O.Cl. The predicted molar refractivity (Wildman–Crippen MR) is 102 cm³/mol. The van der Waals surface area contributed by atoms with Crippen LogP contribution in [0.25, 0.3) is 10.8 Å². The Morgan fingerprint density at radius 1 is 1.12 bits per heavy atom. The van der Waals surface area contributed by atoms with Crippen molar-refractivity contribution in [3.05, 3.63) is 48.0 Å². The van der Waals surface area contributed by atoms with Crippen LogP contribution in [0, 0.1) is 0 Å². The zero-order valence-electron chi connectivity index (χ0n) is 14.5. The Hall–Kier alpha value is -2.11. The Kier molecular flexibility index (Phi) is 8.38. The lowest BCUT2D eigenvalue weighted by Gasteiger charge is -2.18. The number of carbonyl (C=O) groups is 2. The quantitative estimate of drug-likeness (QED) is 0.671. The van der Waals surface area contributed by atoms with Gasteiger partial charge in [0.1, 0.15) is 6.04 Å². The van der Waals surface area contributed by atoms with Crippen LogP contribution in [-0.4, -0.2) is 29.6 Å². The third-order valence-corrected chi connectivity index (χ3v) is 4.05. The molecule has 2 aromatic carbocycles. The molecule has 0 aliphatic heterocycles. The fourth-order valence-corrected chi connectivity index (χ4v) is 2.82. The van der Waals surface area contributed by atoms with Crippen LogP contribution in [0.4, 0.5) is 0 Å². The highest BCUT2D eigenvalue weighted by Crippen LogP contribution is 2.23. The molecule has 0 spiro atoms. The summed E-state index contributed by atoms with van der Waals surface area (Å²) in [5, 5.41) is 17.1. The average molecular weight is 365 g/mol. The number of carboxylic acid groups (broad SMARTS) is 1. The van der Waals surface area contributed by atoms with Gasteiger partial charge in [-0.1, -0.05) is 55.8 Å². The summed E-state index contributed by atoms with van der Waals surface area (Å²) >= 11 is 0. The molecule has 2 rings (SSSR count). The van der Waals surface area contributed by atoms with Crippen LogP contribution in [0.1, 0.15) is 38.3 Å². The fraction of sp³-hybridized carbons (Fsp3) is 0.368. The van der Waals surface area contributed by atoms with Crippen LogP contribution in [0.2, 0.25) is 0 Å². The maximum atomic E-state index is 12.1. The predicted octanol–water partition coefficient (Wildman–Crippen LogP) is 3.28. The maximum Gasteiger partial charge on any atom is 0.320 e. The first-order chi connectivity index (χ1) is 11.5. The molecule has 0 radical (unpaired) electrons. The number of rotatable bonds is 8. The largest absolute Gasteiger partial charge is 0.480 e. The van der Waals surface area contributed by atoms with E-state index >= 15 is 0 Å². The number of fused-ring (bicyclic) bond motifs is 1. The first-order valence-electron chi connectivity index (χ1n) is 8.26. The summed E-state index contributed by atoms with van der Waals surface area (Å²) < 4.78 is 0. The first-order valence-corrected chi connectivity index (χ1v) is 8.26. The number of amides is 1. The molecule has 5 nitrogen and oxygen atoms in total. The normalized spacial score (nSPS) is 12.9. The Balaban J connectivity index is 0.00000312. The van der Waals surface area contributed by atoms with E-state index in [1.807, 2.05) is 56.3 Å². The van der Waals surface area contributed by atoms with Gasteiger partial charge in [0.15, 0.2) is 0 Å². The molecule has 0 aromatic heterocycles. The van der Waals surface area contributed by atoms with E-state index < -0.39 is 12.0 Å². The number of nitrogens with one attached hydrogen (secondary N) is 2. The second kappa shape index (κ2) is 10.0. The van der Waals surface area contributed by atoms with E-state index in [1.165, 1.54) is 0 Å². The van der Waals surface area contributed by atoms with Crippen molar-refractivity contribution >= 4 is 35.1 Å². The van der Waals surface area contributed by atoms with Crippen molar-refractivity contribution in [1.29, 1.82) is 0 Å². The van der Waals surface area contributed by atoms with Gasteiger partial charge in [-0.15, -0.1) is 12.4 Å². The van der Waals surface area contributed by atoms with E-state index in [9.17, 15) is 9.59 Å². The van der Waals surface area contributed by atoms with E-state index in [1.54, 1.807) is 0 Å². The lowest BCUT2D eigenvalue weighted by atomic mass is 10.00. The molecule has 2 atom stereocenters. The van der Waals surface area contributed by atoms with Gasteiger partial charge in [0.05, 0.1) is 12.6 Å². The molecular formula is C19H25ClN2O3. The van der Waals surface area contributed by atoms with Gasteiger partial charge in [-0.2, -0.15) is 0 Å². The van der Waals surface area contributed by atoms with Crippen LogP contribution in [0.15, 0.2) is 42.5 Å². The Labute approximate surface area is 154 Å². The molecule has 25 heavy (non-hydrogen) atoms. The van der Waals surface area contributed by atoms with Gasteiger partial charge in [0.25, 0.3) is 0 Å². The number of hydrogen-bond acceptors (Lipinski definition) is 3. The van der Waals surface area contributed by atoms with Crippen LogP contribution < -0.4 is 10.6 Å². The molecule has 6 heteroatoms. The molecule has 0 heterocycles. The molecule has 0 saturated carbocycles. The van der Waals surface area contributed by atoms with Crippen molar-refractivity contribution in [2.75, 3.05) is 6.54 Å². The van der Waals surface area contributed by atoms with E-state index in [0.29, 0.717) is 6.42 Å². The lowest BCUT2D eigenvalue weighted by Crippen LogP contribution is -2.43. The minimum atomic E-state index is -0.924. The summed E-state index contributed by atoms with van der Waals surface area (Å²) in [5.41, 5.74) is 1.05. The standard InChI is InChI=1S/C19H24N2O3.ClH/c1-3-7-17(19(23)24)20-12-18(22)21-13(2)15-11-6-9-14-8-4-5-10-16(14)15;/h4-6,8-11,13,17,20H,3,7,12H2,1-2H3,(H,21,22)(H,23,24);1H. The summed E-state index contributed by atoms with van der Waals surface area (Å²) in [4.78, 5) is 23.2. The summed E-state index contributed by atoms with van der Waals surface area (Å²) in [7, 11) is 0. The zero-order valence-corrected chi connectivity index (χ0v) is 15.3. The summed E-state index contributed by atoms with van der Waals surface area (Å²) in [6.07, 6.45) is 1.25. The van der Waals surface area contributed by atoms with Crippen LogP contribution in [0.5, 0.6) is 0 Å². The molecule has 0 aliphatic carbocycles. The van der Waals surface area contributed by atoms with Crippen molar-refractivity contribution in [3.63, 3.8) is 0 Å². The zero-order chi connectivity index (χ0) is 17.5. The topological polar surface area (TPSA) is 78.4 Å². The molecule has 2 unspecified atom stereocenters. The summed E-state index contributed by atoms with van der Waals surface area (Å²) in [6, 6.07) is 13.2. The van der Waals surface area contributed by atoms with Crippen LogP contribution in [-0.2, 0) is 9.59 Å². The second-order valence-electron chi connectivity index (χ2n) is 5.92. The van der Waals surface area contributed by atoms with Gasteiger partial charge in [-0.25, -0.2) is 0 Å². The highest BCUT2D eigenvalue weighted by Gasteiger charge is 2.18. The van der Waals surface area contributed by atoms with Gasteiger partial charge < -0.3 is 10.4 Å². The van der Waals surface area contributed by atoms with Crippen LogP contribution >= 0.6 is 12.4 Å². The number of hydrogen-bond donors (Lipinski definition) is 3. The van der Waals surface area contributed by atoms with E-state index in [-0.39, 0.29) is 30.9 Å². The van der Waals surface area contributed by atoms with E-state index in [2.05, 4.69) is 10.6 Å². The molecule has 0 aliphatic rings. The van der Waals surface area contributed by atoms with Gasteiger partial charge in [-0.05, 0) is 29.7 Å². The third-order valence-electron chi connectivity index (χ3n) is 4.05. The van der Waals surface area contributed by atoms with Crippen molar-refractivity contribution < 1.29 is 14.7 Å². The smallest absolute Gasteiger partial charge is 0.320 e. The molecular weight excluding hydrogens is 340 g/mol. The van der Waals surface area contributed by atoms with Gasteiger partial charge in [0.2, 0.25) is 5.91 Å². The Morgan fingerprint density at radius 3 is 2.48 bits per heavy atom. The van der Waals surface area contributed by atoms with Crippen molar-refractivity contribution in [2.24, 2.45) is 0 Å².